The Morgan fingerprint density at radius 1 is 0.950 bits per heavy atom. The van der Waals surface area contributed by atoms with Crippen molar-refractivity contribution >= 4 is 43.5 Å². The Kier molecular flexibility index (Phi) is 4.54. The smallest absolute Gasteiger partial charge is 0.0656 e. The van der Waals surface area contributed by atoms with Gasteiger partial charge < -0.3 is 0 Å². The molecule has 0 fully saturated rings. The molecule has 0 N–H and O–H groups in total. The van der Waals surface area contributed by atoms with E-state index in [9.17, 15) is 0 Å². The van der Waals surface area contributed by atoms with Gasteiger partial charge in [-0.3, -0.25) is 0 Å². The van der Waals surface area contributed by atoms with Crippen molar-refractivity contribution in [3.63, 3.8) is 0 Å². The molecule has 3 heteroatoms. The molecule has 0 heterocycles. The molecule has 104 valence electrons. The van der Waals surface area contributed by atoms with Crippen molar-refractivity contribution in [2.45, 2.75) is 30.5 Å². The molecule has 0 aromatic heterocycles. The van der Waals surface area contributed by atoms with Crippen LogP contribution in [0.5, 0.6) is 0 Å². The van der Waals surface area contributed by atoms with Crippen LogP contribution in [0.25, 0.3) is 0 Å². The quantitative estimate of drug-likeness (QED) is 0.494. The molecule has 1 aliphatic rings. The third kappa shape index (κ3) is 2.98. The second-order valence-corrected chi connectivity index (χ2v) is 7.47. The fraction of sp³-hybridized carbons (Fsp3) is 0.294. The number of benzene rings is 2. The molecular formula is C17H15Br2Cl. The molecule has 2 aromatic rings. The summed E-state index contributed by atoms with van der Waals surface area (Å²) in [6, 6.07) is 12.8. The average molecular weight is 415 g/mol. The highest BCUT2D eigenvalue weighted by Crippen LogP contribution is 2.38. The summed E-state index contributed by atoms with van der Waals surface area (Å²) >= 11 is 13.6. The topological polar surface area (TPSA) is 0 Å². The monoisotopic (exact) mass is 412 g/mol. The number of hydrogen-bond acceptors (Lipinski definition) is 0. The Hall–Kier alpha value is -0.310. The van der Waals surface area contributed by atoms with Gasteiger partial charge >= 0.3 is 0 Å². The minimum atomic E-state index is 0.169. The van der Waals surface area contributed by atoms with Crippen molar-refractivity contribution in [1.29, 1.82) is 0 Å². The van der Waals surface area contributed by atoms with Crippen molar-refractivity contribution in [2.75, 3.05) is 0 Å². The SMILES string of the molecule is Clc1ccc(Br)c(C(Br)c2ccc3c(c2)CCCC3)c1. The van der Waals surface area contributed by atoms with Crippen LogP contribution in [0.4, 0.5) is 0 Å². The maximum atomic E-state index is 6.12. The second-order valence-electron chi connectivity index (χ2n) is 5.26. The normalized spacial score (nSPS) is 15.8. The van der Waals surface area contributed by atoms with Crippen LogP contribution in [0.2, 0.25) is 5.02 Å². The zero-order chi connectivity index (χ0) is 14.1. The lowest BCUT2D eigenvalue weighted by Gasteiger charge is -2.19. The Morgan fingerprint density at radius 2 is 1.70 bits per heavy atom. The zero-order valence-electron chi connectivity index (χ0n) is 11.0. The van der Waals surface area contributed by atoms with Gasteiger partial charge in [-0.25, -0.2) is 0 Å². The molecule has 0 aliphatic heterocycles. The largest absolute Gasteiger partial charge is 0.0843 e. The number of halogens is 3. The van der Waals surface area contributed by atoms with E-state index < -0.39 is 0 Å². The summed E-state index contributed by atoms with van der Waals surface area (Å²) in [4.78, 5) is 0.169. The number of aryl methyl sites for hydroxylation is 2. The van der Waals surface area contributed by atoms with E-state index in [0.717, 1.165) is 9.50 Å². The van der Waals surface area contributed by atoms with Crippen LogP contribution >= 0.6 is 43.5 Å². The molecule has 2 aromatic carbocycles. The summed E-state index contributed by atoms with van der Waals surface area (Å²) in [5.74, 6) is 0. The van der Waals surface area contributed by atoms with E-state index in [1.165, 1.54) is 47.9 Å². The highest BCUT2D eigenvalue weighted by Gasteiger charge is 2.17. The van der Waals surface area contributed by atoms with Crippen LogP contribution < -0.4 is 0 Å². The first-order valence-corrected chi connectivity index (χ1v) is 8.94. The highest BCUT2D eigenvalue weighted by molar-refractivity contribution is 9.11. The van der Waals surface area contributed by atoms with E-state index in [0.29, 0.717) is 0 Å². The molecule has 0 saturated carbocycles. The molecule has 0 nitrogen and oxygen atoms in total. The van der Waals surface area contributed by atoms with E-state index in [2.05, 4.69) is 50.1 Å². The van der Waals surface area contributed by atoms with Crippen molar-refractivity contribution in [2.24, 2.45) is 0 Å². The highest BCUT2D eigenvalue weighted by atomic mass is 79.9. The van der Waals surface area contributed by atoms with Crippen molar-refractivity contribution in [3.8, 4) is 0 Å². The van der Waals surface area contributed by atoms with Gasteiger partial charge in [0.25, 0.3) is 0 Å². The molecule has 0 spiro atoms. The van der Waals surface area contributed by atoms with Gasteiger partial charge in [-0.15, -0.1) is 0 Å². The maximum absolute atomic E-state index is 6.12. The summed E-state index contributed by atoms with van der Waals surface area (Å²) in [7, 11) is 0. The molecule has 0 bridgehead atoms. The summed E-state index contributed by atoms with van der Waals surface area (Å²) in [6.07, 6.45) is 5.07. The van der Waals surface area contributed by atoms with E-state index in [1.807, 2.05) is 18.2 Å². The minimum absolute atomic E-state index is 0.169. The summed E-state index contributed by atoms with van der Waals surface area (Å²) in [5.41, 5.74) is 5.50. The minimum Gasteiger partial charge on any atom is -0.0843 e. The van der Waals surface area contributed by atoms with Crippen molar-refractivity contribution in [1.82, 2.24) is 0 Å². The van der Waals surface area contributed by atoms with Crippen LogP contribution in [0.1, 0.15) is 39.9 Å². The standard InChI is InChI=1S/C17H15Br2Cl/c18-16-8-7-14(20)10-15(16)17(19)13-6-5-11-3-1-2-4-12(11)9-13/h5-10,17H,1-4H2. The predicted octanol–water partition coefficient (Wildman–Crippen LogP) is 6.47. The van der Waals surface area contributed by atoms with Gasteiger partial charge in [0.05, 0.1) is 4.83 Å². The van der Waals surface area contributed by atoms with E-state index >= 15 is 0 Å². The van der Waals surface area contributed by atoms with Gasteiger partial charge in [-0.1, -0.05) is 61.7 Å². The van der Waals surface area contributed by atoms with Gasteiger partial charge in [0.2, 0.25) is 0 Å². The molecule has 1 atom stereocenters. The molecule has 1 unspecified atom stereocenters. The predicted molar refractivity (Wildman–Crippen MR) is 93.0 cm³/mol. The molecule has 20 heavy (non-hydrogen) atoms. The second kappa shape index (κ2) is 6.21. The Balaban J connectivity index is 1.97. The van der Waals surface area contributed by atoms with Crippen molar-refractivity contribution < 1.29 is 0 Å². The van der Waals surface area contributed by atoms with Crippen LogP contribution in [-0.4, -0.2) is 0 Å². The molecule has 0 amide bonds. The lowest BCUT2D eigenvalue weighted by Crippen LogP contribution is -2.04. The number of hydrogen-bond donors (Lipinski definition) is 0. The summed E-state index contributed by atoms with van der Waals surface area (Å²) in [6.45, 7) is 0. The van der Waals surface area contributed by atoms with E-state index in [1.54, 1.807) is 0 Å². The molecule has 0 saturated heterocycles. The summed E-state index contributed by atoms with van der Waals surface area (Å²) in [5, 5.41) is 0.769. The first-order valence-electron chi connectivity index (χ1n) is 6.86. The lowest BCUT2D eigenvalue weighted by molar-refractivity contribution is 0.684. The number of rotatable bonds is 2. The molecular weight excluding hydrogens is 399 g/mol. The van der Waals surface area contributed by atoms with Gasteiger partial charge in [0.15, 0.2) is 0 Å². The van der Waals surface area contributed by atoms with Crippen LogP contribution in [0.3, 0.4) is 0 Å². The first kappa shape index (κ1) is 14.6. The van der Waals surface area contributed by atoms with Crippen molar-refractivity contribution in [3.05, 3.63) is 68.1 Å². The van der Waals surface area contributed by atoms with Gasteiger partial charge in [0.1, 0.15) is 0 Å². The molecule has 3 rings (SSSR count). The van der Waals surface area contributed by atoms with Crippen LogP contribution in [-0.2, 0) is 12.8 Å². The fourth-order valence-electron chi connectivity index (χ4n) is 2.80. The molecule has 0 radical (unpaired) electrons. The maximum Gasteiger partial charge on any atom is 0.0656 e. The van der Waals surface area contributed by atoms with E-state index in [-0.39, 0.29) is 4.83 Å². The third-order valence-electron chi connectivity index (χ3n) is 3.90. The summed E-state index contributed by atoms with van der Waals surface area (Å²) < 4.78 is 1.08. The lowest BCUT2D eigenvalue weighted by atomic mass is 9.89. The average Bonchev–Trinajstić information content (AvgIpc) is 2.48. The van der Waals surface area contributed by atoms with Crippen LogP contribution in [0, 0.1) is 0 Å². The van der Waals surface area contributed by atoms with Gasteiger partial charge in [0, 0.05) is 9.50 Å². The molecule has 1 aliphatic carbocycles. The zero-order valence-corrected chi connectivity index (χ0v) is 14.9. The first-order chi connectivity index (χ1) is 9.65. The van der Waals surface area contributed by atoms with Crippen LogP contribution in [0.15, 0.2) is 40.9 Å². The Morgan fingerprint density at radius 3 is 2.50 bits per heavy atom. The van der Waals surface area contributed by atoms with E-state index in [4.69, 9.17) is 11.6 Å². The fourth-order valence-corrected chi connectivity index (χ4v) is 4.43. The third-order valence-corrected chi connectivity index (χ3v) is 5.88. The Bertz CT molecular complexity index is 637. The number of alkyl halides is 1. The van der Waals surface area contributed by atoms with Gasteiger partial charge in [-0.05, 0) is 66.1 Å². The van der Waals surface area contributed by atoms with Gasteiger partial charge in [-0.2, -0.15) is 0 Å². The Labute approximate surface area is 141 Å². The number of fused-ring (bicyclic) bond motifs is 1.